The lowest BCUT2D eigenvalue weighted by molar-refractivity contribution is -0.870. The van der Waals surface area contributed by atoms with Crippen molar-refractivity contribution >= 4 is 13.8 Å². The lowest BCUT2D eigenvalue weighted by Gasteiger charge is -2.30. The van der Waals surface area contributed by atoms with Crippen molar-refractivity contribution in [2.45, 2.75) is 128 Å². The minimum atomic E-state index is -4.50. The molecule has 9 nitrogen and oxygen atoms in total. The van der Waals surface area contributed by atoms with Gasteiger partial charge in [0.25, 0.3) is 7.82 Å². The van der Waals surface area contributed by atoms with Crippen LogP contribution in [0.5, 0.6) is 0 Å². The Hall–Kier alpha value is -0.540. The number of carbonyl (C=O) groups excluding carboxylic acids is 1. The molecular weight excluding hydrogens is 521 g/mol. The van der Waals surface area contributed by atoms with Gasteiger partial charge in [-0.1, -0.05) is 84.0 Å². The van der Waals surface area contributed by atoms with E-state index in [0.717, 1.165) is 32.1 Å². The van der Waals surface area contributed by atoms with Crippen LogP contribution in [0, 0.1) is 0 Å². The second-order valence-electron chi connectivity index (χ2n) is 11.8. The third-order valence-corrected chi connectivity index (χ3v) is 7.79. The summed E-state index contributed by atoms with van der Waals surface area (Å²) in [5, 5.41) is 0. The number of phosphoric acid groups is 1. The summed E-state index contributed by atoms with van der Waals surface area (Å²) < 4.78 is 39.7. The topological polar surface area (TPSA) is 103 Å². The van der Waals surface area contributed by atoms with Crippen LogP contribution in [0.4, 0.5) is 0 Å². The summed E-state index contributed by atoms with van der Waals surface area (Å²) in [6.45, 7) is 3.00. The first-order chi connectivity index (χ1) is 18.6. The van der Waals surface area contributed by atoms with Gasteiger partial charge in [0.15, 0.2) is 6.29 Å². The summed E-state index contributed by atoms with van der Waals surface area (Å²) >= 11 is 0. The molecule has 0 amide bonds. The van der Waals surface area contributed by atoms with Gasteiger partial charge in [-0.3, -0.25) is 9.36 Å². The fraction of sp³-hybridized carbons (Fsp3) is 0.966. The van der Waals surface area contributed by atoms with Crippen molar-refractivity contribution < 1.29 is 42.0 Å². The minimum Gasteiger partial charge on any atom is -0.756 e. The molecular formula is C29H58NO8P. The van der Waals surface area contributed by atoms with Crippen LogP contribution in [0.2, 0.25) is 0 Å². The van der Waals surface area contributed by atoms with Gasteiger partial charge in [-0.2, -0.15) is 0 Å². The van der Waals surface area contributed by atoms with Gasteiger partial charge in [0.2, 0.25) is 0 Å². The Morgan fingerprint density at radius 2 is 1.49 bits per heavy atom. The first kappa shape index (κ1) is 36.5. The van der Waals surface area contributed by atoms with E-state index < -0.39 is 20.2 Å². The zero-order valence-corrected chi connectivity index (χ0v) is 26.3. The number of carbonyl (C=O) groups is 1. The van der Waals surface area contributed by atoms with Crippen LogP contribution in [-0.2, 0) is 32.6 Å². The number of esters is 1. The van der Waals surface area contributed by atoms with Crippen molar-refractivity contribution in [3.05, 3.63) is 0 Å². The highest BCUT2D eigenvalue weighted by molar-refractivity contribution is 7.45. The summed E-state index contributed by atoms with van der Waals surface area (Å²) in [6.07, 6.45) is 18.0. The number of hydrogen-bond donors (Lipinski definition) is 0. The number of ether oxygens (including phenoxy) is 3. The molecule has 1 aliphatic heterocycles. The van der Waals surface area contributed by atoms with Crippen molar-refractivity contribution in [1.82, 2.24) is 0 Å². The zero-order valence-electron chi connectivity index (χ0n) is 25.4. The molecule has 0 aliphatic carbocycles. The van der Waals surface area contributed by atoms with E-state index in [4.69, 9.17) is 23.3 Å². The summed E-state index contributed by atoms with van der Waals surface area (Å²) in [5.74, 6) is -0.305. The molecule has 0 N–H and O–H groups in total. The normalized spacial score (nSPS) is 18.5. The number of likely N-dealkylation sites (N-methyl/N-ethyl adjacent to an activating group) is 1. The van der Waals surface area contributed by atoms with Crippen LogP contribution >= 0.6 is 7.82 Å². The Morgan fingerprint density at radius 3 is 2.03 bits per heavy atom. The average molecular weight is 580 g/mol. The molecule has 1 aliphatic rings. The lowest BCUT2D eigenvalue weighted by Crippen LogP contribution is -2.38. The number of rotatable bonds is 25. The molecule has 1 rings (SSSR count). The Bertz CT molecular complexity index is 652. The monoisotopic (exact) mass is 579 g/mol. The van der Waals surface area contributed by atoms with Crippen LogP contribution in [0.25, 0.3) is 0 Å². The van der Waals surface area contributed by atoms with E-state index in [1.165, 1.54) is 64.2 Å². The second kappa shape index (κ2) is 22.1. The molecule has 0 bridgehead atoms. The van der Waals surface area contributed by atoms with Gasteiger partial charge in [-0.25, -0.2) is 0 Å². The number of unbranched alkanes of at least 4 members (excludes halogenated alkanes) is 12. The molecule has 232 valence electrons. The second-order valence-corrected chi connectivity index (χ2v) is 13.2. The van der Waals surface area contributed by atoms with Crippen molar-refractivity contribution in [2.24, 2.45) is 0 Å². The highest BCUT2D eigenvalue weighted by Crippen LogP contribution is 2.38. The zero-order chi connectivity index (χ0) is 28.8. The number of quaternary nitrogens is 1. The van der Waals surface area contributed by atoms with Gasteiger partial charge in [-0.05, 0) is 25.7 Å². The van der Waals surface area contributed by atoms with E-state index in [2.05, 4.69) is 6.92 Å². The average Bonchev–Trinajstić information content (AvgIpc) is 2.88. The Morgan fingerprint density at radius 1 is 0.897 bits per heavy atom. The molecule has 39 heavy (non-hydrogen) atoms. The standard InChI is InChI=1S/C29H58NO8P/c1-5-6-7-8-9-10-11-12-13-14-15-16-17-20-28(31)35-25-27(38-29-21-18-19-23-34-29)26-37-39(32,33)36-24-22-30(2,3)4/h27,29H,5-26H2,1-4H3/t27-,29?/m1/s1. The Kier molecular flexibility index (Phi) is 20.7. The maximum Gasteiger partial charge on any atom is 0.305 e. The van der Waals surface area contributed by atoms with E-state index >= 15 is 0 Å². The highest BCUT2D eigenvalue weighted by atomic mass is 31.2. The third-order valence-electron chi connectivity index (χ3n) is 6.83. The van der Waals surface area contributed by atoms with E-state index in [0.29, 0.717) is 30.5 Å². The van der Waals surface area contributed by atoms with Gasteiger partial charge >= 0.3 is 5.97 Å². The molecule has 1 saturated heterocycles. The molecule has 0 aromatic carbocycles. The van der Waals surface area contributed by atoms with Crippen LogP contribution in [-0.4, -0.2) is 77.0 Å². The van der Waals surface area contributed by atoms with E-state index in [1.54, 1.807) is 0 Å². The maximum atomic E-state index is 12.3. The number of nitrogens with zero attached hydrogens (tertiary/aromatic N) is 1. The number of phosphoric ester groups is 1. The smallest absolute Gasteiger partial charge is 0.305 e. The summed E-state index contributed by atoms with van der Waals surface area (Å²) in [6, 6.07) is 0. The molecule has 1 heterocycles. The highest BCUT2D eigenvalue weighted by Gasteiger charge is 2.24. The number of hydrogen-bond acceptors (Lipinski definition) is 8. The first-order valence-corrected chi connectivity index (χ1v) is 16.9. The SMILES string of the molecule is CCCCCCCCCCCCCCCC(=O)OC[C@H](COP(=O)([O-])OCC[N+](C)(C)C)OC1CCCCO1. The summed E-state index contributed by atoms with van der Waals surface area (Å²) in [5.41, 5.74) is 0. The van der Waals surface area contributed by atoms with E-state index in [1.807, 2.05) is 21.1 Å². The summed E-state index contributed by atoms with van der Waals surface area (Å²) in [4.78, 5) is 24.5. The van der Waals surface area contributed by atoms with Gasteiger partial charge in [0, 0.05) is 13.0 Å². The molecule has 0 aromatic rings. The maximum absolute atomic E-state index is 12.3. The van der Waals surface area contributed by atoms with Gasteiger partial charge in [0.05, 0.1) is 27.7 Å². The van der Waals surface area contributed by atoms with Crippen LogP contribution in [0.1, 0.15) is 116 Å². The van der Waals surface area contributed by atoms with Crippen LogP contribution in [0.15, 0.2) is 0 Å². The molecule has 0 radical (unpaired) electrons. The third kappa shape index (κ3) is 22.8. The fourth-order valence-corrected chi connectivity index (χ4v) is 5.07. The van der Waals surface area contributed by atoms with E-state index in [-0.39, 0.29) is 25.8 Å². The van der Waals surface area contributed by atoms with Crippen molar-refractivity contribution in [1.29, 1.82) is 0 Å². The Labute approximate surface area is 238 Å². The molecule has 0 spiro atoms. The van der Waals surface area contributed by atoms with Crippen molar-refractivity contribution in [3.8, 4) is 0 Å². The quantitative estimate of drug-likeness (QED) is 0.0551. The van der Waals surface area contributed by atoms with Crippen LogP contribution < -0.4 is 4.89 Å². The van der Waals surface area contributed by atoms with Gasteiger partial charge in [0.1, 0.15) is 25.9 Å². The van der Waals surface area contributed by atoms with Gasteiger partial charge < -0.3 is 32.6 Å². The van der Waals surface area contributed by atoms with Crippen LogP contribution in [0.3, 0.4) is 0 Å². The first-order valence-electron chi connectivity index (χ1n) is 15.4. The minimum absolute atomic E-state index is 0.0235. The molecule has 0 aromatic heterocycles. The molecule has 10 heteroatoms. The molecule has 1 fully saturated rings. The Balaban J connectivity index is 2.23. The predicted octanol–water partition coefficient (Wildman–Crippen LogP) is 6.13. The molecule has 2 unspecified atom stereocenters. The van der Waals surface area contributed by atoms with Crippen molar-refractivity contribution in [2.75, 3.05) is 54.1 Å². The van der Waals surface area contributed by atoms with Crippen molar-refractivity contribution in [3.63, 3.8) is 0 Å². The van der Waals surface area contributed by atoms with E-state index in [9.17, 15) is 14.3 Å². The lowest BCUT2D eigenvalue weighted by atomic mass is 10.0. The molecule has 0 saturated carbocycles. The molecule has 3 atom stereocenters. The fourth-order valence-electron chi connectivity index (χ4n) is 4.34. The largest absolute Gasteiger partial charge is 0.756 e. The summed E-state index contributed by atoms with van der Waals surface area (Å²) in [7, 11) is 1.34. The predicted molar refractivity (Wildman–Crippen MR) is 152 cm³/mol. The van der Waals surface area contributed by atoms with Gasteiger partial charge in [-0.15, -0.1) is 0 Å².